The summed E-state index contributed by atoms with van der Waals surface area (Å²) >= 11 is 1.68. The van der Waals surface area contributed by atoms with E-state index in [0.29, 0.717) is 11.8 Å². The van der Waals surface area contributed by atoms with Gasteiger partial charge in [0.1, 0.15) is 11.5 Å². The Hall–Kier alpha value is -6.46. The number of hydrogen-bond acceptors (Lipinski definition) is 5. The molecule has 0 atom stereocenters. The lowest BCUT2D eigenvalue weighted by atomic mass is 9.86. The first kappa shape index (κ1) is 25.8. The average molecular weight is 629 g/mol. The molecule has 0 saturated heterocycles. The fraction of sp³-hybridized carbons (Fsp3) is 0. The number of nitrogens with one attached hydrogen (secondary N) is 5. The highest BCUT2D eigenvalue weighted by Gasteiger charge is 2.33. The Balaban J connectivity index is 1.48. The van der Waals surface area contributed by atoms with Crippen molar-refractivity contribution >= 4 is 44.2 Å². The van der Waals surface area contributed by atoms with E-state index in [1.165, 1.54) is 0 Å². The first-order valence-corrected chi connectivity index (χ1v) is 16.0. The molecule has 0 amide bonds. The number of imidazole rings is 2. The minimum Gasteiger partial charge on any atom is -0.361 e. The molecule has 0 aliphatic rings. The van der Waals surface area contributed by atoms with Gasteiger partial charge in [0.05, 0.1) is 27.9 Å². The van der Waals surface area contributed by atoms with Crippen LogP contribution in [-0.4, -0.2) is 49.9 Å². The van der Waals surface area contributed by atoms with Crippen molar-refractivity contribution in [3.8, 4) is 61.7 Å². The van der Waals surface area contributed by atoms with Gasteiger partial charge >= 0.3 is 0 Å². The van der Waals surface area contributed by atoms with E-state index in [1.807, 2.05) is 71.8 Å². The van der Waals surface area contributed by atoms with Gasteiger partial charge in [-0.1, -0.05) is 36.4 Å². The average Bonchev–Trinajstić information content (AvgIpc) is 3.96. The number of nitrogens with zero attached hydrogens (tertiary/aromatic N) is 5. The largest absolute Gasteiger partial charge is 0.361 e. The van der Waals surface area contributed by atoms with Gasteiger partial charge in [-0.05, 0) is 53.9 Å². The number of fused-ring (bicyclic) bond motifs is 3. The van der Waals surface area contributed by atoms with Gasteiger partial charge in [0.2, 0.25) is 5.95 Å². The molecule has 47 heavy (non-hydrogen) atoms. The molecule has 0 bridgehead atoms. The lowest BCUT2D eigenvalue weighted by Gasteiger charge is -2.19. The Morgan fingerprint density at radius 3 is 2.38 bits per heavy atom. The van der Waals surface area contributed by atoms with E-state index in [2.05, 4.69) is 66.8 Å². The Morgan fingerprint density at radius 1 is 0.702 bits per heavy atom. The molecule has 10 nitrogen and oxygen atoms in total. The van der Waals surface area contributed by atoms with Crippen molar-refractivity contribution in [2.24, 2.45) is 0 Å². The Labute approximate surface area is 270 Å². The number of H-pyrrole nitrogens is 5. The molecule has 5 N–H and O–H groups in total. The molecule has 3 aromatic carbocycles. The highest BCUT2D eigenvalue weighted by molar-refractivity contribution is 7.13. The third kappa shape index (κ3) is 3.90. The van der Waals surface area contributed by atoms with Crippen molar-refractivity contribution in [2.45, 2.75) is 0 Å². The minimum atomic E-state index is 0.617. The van der Waals surface area contributed by atoms with E-state index in [0.717, 1.165) is 82.7 Å². The van der Waals surface area contributed by atoms with Crippen molar-refractivity contribution in [3.05, 3.63) is 115 Å². The number of rotatable bonds is 6. The lowest BCUT2D eigenvalue weighted by molar-refractivity contribution is 0.859. The summed E-state index contributed by atoms with van der Waals surface area (Å²) in [7, 11) is 0. The standard InChI is InChI=1S/C36H24N10S/c1-2-8-21-20(7-1)19-26(41-21)33-32-31(35-38-16-17-39-35)29(25-13-15-40-44-25)28(24-11-5-14-37-24)30(27-12-6-18-47-27)34(32)46(45-33)36-42-22-9-3-4-10-23(22)43-36/h1-19,37,41H,(H,38,39)(H,40,44)(H,42,43). The quantitative estimate of drug-likeness (QED) is 0.126. The summed E-state index contributed by atoms with van der Waals surface area (Å²) in [6.07, 6.45) is 7.43. The third-order valence-electron chi connectivity index (χ3n) is 8.61. The molecular weight excluding hydrogens is 605 g/mol. The summed E-state index contributed by atoms with van der Waals surface area (Å²) in [5.74, 6) is 1.33. The number of benzene rings is 3. The summed E-state index contributed by atoms with van der Waals surface area (Å²) in [5.41, 5.74) is 10.9. The molecule has 11 heteroatoms. The SMILES string of the molecule is c1c[nH]c(-c2c(-c3cc[nH]n3)c(-c3ncc[nH]3)c3c(-c4cc5ccccc5[nH]4)nn(-c4nc5ccccc5[nH]4)c3c2-c2cccs2)c1. The van der Waals surface area contributed by atoms with E-state index in [4.69, 9.17) is 20.2 Å². The molecule has 0 radical (unpaired) electrons. The van der Waals surface area contributed by atoms with E-state index >= 15 is 0 Å². The van der Waals surface area contributed by atoms with E-state index in [1.54, 1.807) is 17.5 Å². The molecule has 0 spiro atoms. The van der Waals surface area contributed by atoms with Gasteiger partial charge in [-0.25, -0.2) is 9.97 Å². The lowest BCUT2D eigenvalue weighted by Crippen LogP contribution is -2.03. The second-order valence-electron chi connectivity index (χ2n) is 11.3. The van der Waals surface area contributed by atoms with Crippen LogP contribution in [0, 0.1) is 0 Å². The van der Waals surface area contributed by atoms with Crippen LogP contribution in [0.3, 0.4) is 0 Å². The van der Waals surface area contributed by atoms with Gasteiger partial charge in [-0.2, -0.15) is 14.9 Å². The van der Waals surface area contributed by atoms with Crippen LogP contribution in [0.2, 0.25) is 0 Å². The van der Waals surface area contributed by atoms with E-state index in [9.17, 15) is 0 Å². The Kier molecular flexibility index (Phi) is 5.51. The molecule has 10 rings (SSSR count). The van der Waals surface area contributed by atoms with Gasteiger partial charge in [-0.3, -0.25) is 5.10 Å². The molecule has 7 aromatic heterocycles. The van der Waals surface area contributed by atoms with Crippen LogP contribution in [0.4, 0.5) is 0 Å². The monoisotopic (exact) mass is 628 g/mol. The Bertz CT molecular complexity index is 2420. The van der Waals surface area contributed by atoms with Crippen molar-refractivity contribution in [1.82, 2.24) is 49.9 Å². The molecular formula is C36H24N10S. The van der Waals surface area contributed by atoms with Crippen molar-refractivity contribution < 1.29 is 0 Å². The zero-order valence-corrected chi connectivity index (χ0v) is 25.4. The number of thiophene rings is 1. The molecule has 10 aromatic rings. The van der Waals surface area contributed by atoms with Crippen LogP contribution in [0.15, 0.2) is 115 Å². The predicted molar refractivity (Wildman–Crippen MR) is 186 cm³/mol. The summed E-state index contributed by atoms with van der Waals surface area (Å²) in [6.45, 7) is 0. The Morgan fingerprint density at radius 2 is 1.62 bits per heavy atom. The molecule has 224 valence electrons. The van der Waals surface area contributed by atoms with Crippen LogP contribution < -0.4 is 0 Å². The maximum atomic E-state index is 5.42. The van der Waals surface area contributed by atoms with Crippen molar-refractivity contribution in [3.63, 3.8) is 0 Å². The zero-order valence-electron chi connectivity index (χ0n) is 24.6. The second kappa shape index (κ2) is 10.0. The first-order chi connectivity index (χ1) is 23.3. The number of aromatic amines is 5. The van der Waals surface area contributed by atoms with Gasteiger partial charge in [0.15, 0.2) is 0 Å². The number of aromatic nitrogens is 10. The highest BCUT2D eigenvalue weighted by atomic mass is 32.1. The molecule has 0 unspecified atom stereocenters. The highest BCUT2D eigenvalue weighted by Crippen LogP contribution is 2.52. The molecule has 7 heterocycles. The summed E-state index contributed by atoms with van der Waals surface area (Å²) < 4.78 is 1.96. The summed E-state index contributed by atoms with van der Waals surface area (Å²) in [6, 6.07) is 28.8. The van der Waals surface area contributed by atoms with Gasteiger partial charge < -0.3 is 19.9 Å². The van der Waals surface area contributed by atoms with Crippen LogP contribution in [0.25, 0.3) is 94.5 Å². The first-order valence-electron chi connectivity index (χ1n) is 15.2. The second-order valence-corrected chi connectivity index (χ2v) is 12.2. The van der Waals surface area contributed by atoms with Crippen LogP contribution in [-0.2, 0) is 0 Å². The van der Waals surface area contributed by atoms with Gasteiger partial charge in [-0.15, -0.1) is 11.3 Å². The summed E-state index contributed by atoms with van der Waals surface area (Å²) in [5, 5.41) is 17.4. The minimum absolute atomic E-state index is 0.617. The van der Waals surface area contributed by atoms with Crippen molar-refractivity contribution in [1.29, 1.82) is 0 Å². The van der Waals surface area contributed by atoms with Gasteiger partial charge in [0.25, 0.3) is 0 Å². The molecule has 0 saturated carbocycles. The fourth-order valence-corrected chi connectivity index (χ4v) is 7.45. The number of hydrogen-bond donors (Lipinski definition) is 5. The normalized spacial score (nSPS) is 11.8. The van der Waals surface area contributed by atoms with Crippen molar-refractivity contribution in [2.75, 3.05) is 0 Å². The zero-order chi connectivity index (χ0) is 30.9. The molecule has 0 fully saturated rings. The van der Waals surface area contributed by atoms with E-state index < -0.39 is 0 Å². The summed E-state index contributed by atoms with van der Waals surface area (Å²) in [4.78, 5) is 25.1. The predicted octanol–water partition coefficient (Wildman–Crippen LogP) is 8.55. The van der Waals surface area contributed by atoms with Crippen LogP contribution in [0.1, 0.15) is 0 Å². The van der Waals surface area contributed by atoms with Gasteiger partial charge in [0, 0.05) is 73.9 Å². The third-order valence-corrected chi connectivity index (χ3v) is 9.50. The van der Waals surface area contributed by atoms with E-state index in [-0.39, 0.29) is 0 Å². The molecule has 0 aliphatic carbocycles. The maximum Gasteiger partial charge on any atom is 0.229 e. The number of para-hydroxylation sites is 3. The van der Waals surface area contributed by atoms with Crippen LogP contribution in [0.5, 0.6) is 0 Å². The topological polar surface area (TPSA) is 135 Å². The maximum absolute atomic E-state index is 5.42. The molecule has 0 aliphatic heterocycles. The van der Waals surface area contributed by atoms with Crippen LogP contribution >= 0.6 is 11.3 Å². The smallest absolute Gasteiger partial charge is 0.229 e. The fourth-order valence-electron chi connectivity index (χ4n) is 6.67.